The van der Waals surface area contributed by atoms with Crippen LogP contribution in [0.2, 0.25) is 0 Å². The molecule has 76 valence electrons. The minimum atomic E-state index is 0. The van der Waals surface area contributed by atoms with Crippen molar-refractivity contribution < 1.29 is 26.6 Å². The lowest BCUT2D eigenvalue weighted by Crippen LogP contribution is -3.00. The summed E-state index contributed by atoms with van der Waals surface area (Å²) in [7, 11) is 0. The van der Waals surface area contributed by atoms with Crippen LogP contribution in [0.25, 0.3) is 0 Å². The summed E-state index contributed by atoms with van der Waals surface area (Å²) in [6, 6.07) is 0. The lowest BCUT2D eigenvalue weighted by atomic mass is 10.3. The van der Waals surface area contributed by atoms with Crippen LogP contribution in [0.4, 0.5) is 0 Å². The van der Waals surface area contributed by atoms with E-state index in [-0.39, 0.29) is 17.0 Å². The highest BCUT2D eigenvalue weighted by Gasteiger charge is 2.18. The molecule has 0 spiro atoms. The highest BCUT2D eigenvalue weighted by atomic mass is 79.9. The second-order valence-corrected chi connectivity index (χ2v) is 3.09. The third kappa shape index (κ3) is 4.43. The van der Waals surface area contributed by atoms with E-state index in [1.165, 1.54) is 19.6 Å². The van der Waals surface area contributed by atoms with Gasteiger partial charge in [-0.15, -0.1) is 0 Å². The Morgan fingerprint density at radius 3 is 1.67 bits per heavy atom. The minimum Gasteiger partial charge on any atom is -1.00 e. The molecule has 0 aliphatic rings. The topological polar surface area (TPSA) is 20.2 Å². The summed E-state index contributed by atoms with van der Waals surface area (Å²) in [5, 5.41) is 8.71. The fourth-order valence-electron chi connectivity index (χ4n) is 1.55. The molecule has 0 radical (unpaired) electrons. The van der Waals surface area contributed by atoms with Gasteiger partial charge in [0.05, 0.1) is 26.2 Å². The largest absolute Gasteiger partial charge is 1.00 e. The summed E-state index contributed by atoms with van der Waals surface area (Å²) in [5.41, 5.74) is 0. The number of nitrogens with zero attached hydrogens (tertiary/aromatic N) is 1. The third-order valence-corrected chi connectivity index (χ3v) is 2.80. The molecule has 0 rings (SSSR count). The maximum absolute atomic E-state index is 8.71. The molecule has 3 heteroatoms. The van der Waals surface area contributed by atoms with Crippen molar-refractivity contribution in [2.45, 2.75) is 27.2 Å². The summed E-state index contributed by atoms with van der Waals surface area (Å²) < 4.78 is 1.15. The molecule has 0 aromatic heterocycles. The second-order valence-electron chi connectivity index (χ2n) is 3.09. The third-order valence-electron chi connectivity index (χ3n) is 2.80. The van der Waals surface area contributed by atoms with E-state index in [1.54, 1.807) is 0 Å². The number of aliphatic hydroxyl groups excluding tert-OH is 1. The standard InChI is InChI=1S/C9H22NO.BrH/c1-4-10(5-2,6-3)8-7-9-11;/h11H,4-9H2,1-3H3;1H/q+1;/p-1. The van der Waals surface area contributed by atoms with Crippen LogP contribution in [0, 0.1) is 0 Å². The molecule has 0 amide bonds. The Kier molecular flexibility index (Phi) is 9.96. The van der Waals surface area contributed by atoms with E-state index in [1.807, 2.05) is 0 Å². The van der Waals surface area contributed by atoms with Gasteiger partial charge >= 0.3 is 0 Å². The zero-order chi connectivity index (χ0) is 8.74. The molecule has 2 nitrogen and oxygen atoms in total. The minimum absolute atomic E-state index is 0. The van der Waals surface area contributed by atoms with Gasteiger partial charge in [0.15, 0.2) is 0 Å². The molecule has 0 unspecified atom stereocenters. The zero-order valence-corrected chi connectivity index (χ0v) is 10.1. The Balaban J connectivity index is 0. The second kappa shape index (κ2) is 8.02. The molecular formula is C9H22BrNO. The van der Waals surface area contributed by atoms with Crippen molar-refractivity contribution in [3.05, 3.63) is 0 Å². The molecule has 0 heterocycles. The summed E-state index contributed by atoms with van der Waals surface area (Å²) in [6.45, 7) is 11.7. The summed E-state index contributed by atoms with van der Waals surface area (Å²) in [5.74, 6) is 0. The van der Waals surface area contributed by atoms with Crippen molar-refractivity contribution in [3.63, 3.8) is 0 Å². The average molecular weight is 240 g/mol. The van der Waals surface area contributed by atoms with Crippen LogP contribution in [0.1, 0.15) is 27.2 Å². The molecule has 0 aliphatic carbocycles. The monoisotopic (exact) mass is 239 g/mol. The normalized spacial score (nSPS) is 11.0. The summed E-state index contributed by atoms with van der Waals surface area (Å²) in [4.78, 5) is 0. The summed E-state index contributed by atoms with van der Waals surface area (Å²) in [6.07, 6.45) is 0.940. The maximum Gasteiger partial charge on any atom is 0.0808 e. The van der Waals surface area contributed by atoms with Crippen molar-refractivity contribution in [3.8, 4) is 0 Å². The smallest absolute Gasteiger partial charge is 0.0808 e. The van der Waals surface area contributed by atoms with Crippen molar-refractivity contribution in [1.29, 1.82) is 0 Å². The van der Waals surface area contributed by atoms with Gasteiger partial charge in [-0.1, -0.05) is 0 Å². The first-order valence-electron chi connectivity index (χ1n) is 4.70. The van der Waals surface area contributed by atoms with Crippen molar-refractivity contribution in [2.24, 2.45) is 0 Å². The van der Waals surface area contributed by atoms with E-state index in [0.29, 0.717) is 6.61 Å². The fraction of sp³-hybridized carbons (Fsp3) is 1.00. The molecule has 0 aromatic carbocycles. The van der Waals surface area contributed by atoms with E-state index in [9.17, 15) is 0 Å². The Hall–Kier alpha value is 0.400. The van der Waals surface area contributed by atoms with E-state index >= 15 is 0 Å². The van der Waals surface area contributed by atoms with Crippen molar-refractivity contribution in [2.75, 3.05) is 32.8 Å². The molecule has 0 saturated carbocycles. The van der Waals surface area contributed by atoms with Crippen LogP contribution in [0.5, 0.6) is 0 Å². The Labute approximate surface area is 86.9 Å². The quantitative estimate of drug-likeness (QED) is 0.546. The number of rotatable bonds is 6. The Morgan fingerprint density at radius 2 is 1.42 bits per heavy atom. The lowest BCUT2D eigenvalue weighted by Gasteiger charge is -2.35. The lowest BCUT2D eigenvalue weighted by molar-refractivity contribution is -0.923. The number of quaternary nitrogens is 1. The van der Waals surface area contributed by atoms with Gasteiger partial charge in [-0.3, -0.25) is 0 Å². The van der Waals surface area contributed by atoms with Crippen LogP contribution in [-0.2, 0) is 0 Å². The number of halogens is 1. The van der Waals surface area contributed by atoms with E-state index in [0.717, 1.165) is 17.4 Å². The van der Waals surface area contributed by atoms with Gasteiger partial charge in [0.2, 0.25) is 0 Å². The molecular weight excluding hydrogens is 218 g/mol. The van der Waals surface area contributed by atoms with Crippen LogP contribution < -0.4 is 17.0 Å². The molecule has 1 N–H and O–H groups in total. The first-order chi connectivity index (χ1) is 5.24. The maximum atomic E-state index is 8.71. The van der Waals surface area contributed by atoms with Crippen molar-refractivity contribution in [1.82, 2.24) is 0 Å². The summed E-state index contributed by atoms with van der Waals surface area (Å²) >= 11 is 0. The average Bonchev–Trinajstić information content (AvgIpc) is 2.08. The highest BCUT2D eigenvalue weighted by molar-refractivity contribution is 4.38. The van der Waals surface area contributed by atoms with Crippen LogP contribution in [0.3, 0.4) is 0 Å². The fourth-order valence-corrected chi connectivity index (χ4v) is 1.55. The molecule has 0 atom stereocenters. The Morgan fingerprint density at radius 1 is 1.00 bits per heavy atom. The van der Waals surface area contributed by atoms with E-state index < -0.39 is 0 Å². The first kappa shape index (κ1) is 14.9. The Bertz CT molecular complexity index is 86.3. The van der Waals surface area contributed by atoms with Crippen LogP contribution in [0.15, 0.2) is 0 Å². The molecule has 0 aliphatic heterocycles. The van der Waals surface area contributed by atoms with Gasteiger partial charge in [-0.05, 0) is 20.8 Å². The van der Waals surface area contributed by atoms with E-state index in [2.05, 4.69) is 20.8 Å². The van der Waals surface area contributed by atoms with E-state index in [4.69, 9.17) is 5.11 Å². The van der Waals surface area contributed by atoms with Gasteiger partial charge in [0.1, 0.15) is 0 Å². The van der Waals surface area contributed by atoms with Gasteiger partial charge in [0, 0.05) is 13.0 Å². The highest BCUT2D eigenvalue weighted by Crippen LogP contribution is 2.06. The predicted molar refractivity (Wildman–Crippen MR) is 48.5 cm³/mol. The van der Waals surface area contributed by atoms with Crippen LogP contribution in [-0.4, -0.2) is 42.4 Å². The number of aliphatic hydroxyl groups is 1. The molecule has 0 saturated heterocycles. The first-order valence-corrected chi connectivity index (χ1v) is 4.70. The van der Waals surface area contributed by atoms with Gasteiger partial charge in [-0.25, -0.2) is 0 Å². The number of hydrogen-bond acceptors (Lipinski definition) is 1. The van der Waals surface area contributed by atoms with Crippen molar-refractivity contribution >= 4 is 0 Å². The SMILES string of the molecule is CC[N+](CC)(CC)CCCO.[Br-]. The molecule has 12 heavy (non-hydrogen) atoms. The number of hydrogen-bond donors (Lipinski definition) is 1. The molecule has 0 fully saturated rings. The zero-order valence-electron chi connectivity index (χ0n) is 8.52. The van der Waals surface area contributed by atoms with Gasteiger partial charge in [0.25, 0.3) is 0 Å². The molecule has 0 bridgehead atoms. The van der Waals surface area contributed by atoms with Gasteiger partial charge < -0.3 is 26.6 Å². The van der Waals surface area contributed by atoms with Gasteiger partial charge in [-0.2, -0.15) is 0 Å². The predicted octanol–water partition coefficient (Wildman–Crippen LogP) is -1.75. The van der Waals surface area contributed by atoms with Crippen LogP contribution >= 0.6 is 0 Å². The molecule has 0 aromatic rings.